The van der Waals surface area contributed by atoms with Gasteiger partial charge in [0.05, 0.1) is 0 Å². The molecule has 1 N–H and O–H groups in total. The summed E-state index contributed by atoms with van der Waals surface area (Å²) in [7, 11) is 0. The molecule has 0 aromatic heterocycles. The van der Waals surface area contributed by atoms with Gasteiger partial charge in [0.15, 0.2) is 6.61 Å². The Labute approximate surface area is 188 Å². The van der Waals surface area contributed by atoms with Crippen molar-refractivity contribution in [3.63, 3.8) is 0 Å². The molecule has 0 bridgehead atoms. The van der Waals surface area contributed by atoms with Gasteiger partial charge in [-0.15, -0.1) is 0 Å². The van der Waals surface area contributed by atoms with Crippen LogP contribution in [0.25, 0.3) is 0 Å². The molecular weight excluding hydrogens is 423 g/mol. The fourth-order valence-electron chi connectivity index (χ4n) is 3.05. The van der Waals surface area contributed by atoms with Gasteiger partial charge in [-0.1, -0.05) is 55.2 Å². The van der Waals surface area contributed by atoms with E-state index in [0.29, 0.717) is 34.3 Å². The SMILES string of the molecule is CCCNC(=O)[C@H](CC)N(Cc1ccc(Cl)cc1Cl)C(=O)COc1cccc(C)c1. The minimum Gasteiger partial charge on any atom is -0.484 e. The highest BCUT2D eigenvalue weighted by Crippen LogP contribution is 2.24. The molecule has 0 radical (unpaired) electrons. The van der Waals surface area contributed by atoms with Crippen LogP contribution in [0.3, 0.4) is 0 Å². The van der Waals surface area contributed by atoms with Crippen LogP contribution in [-0.4, -0.2) is 35.9 Å². The average Bonchev–Trinajstić information content (AvgIpc) is 2.71. The maximum Gasteiger partial charge on any atom is 0.261 e. The van der Waals surface area contributed by atoms with Crippen LogP contribution in [0.4, 0.5) is 0 Å². The van der Waals surface area contributed by atoms with E-state index in [-0.39, 0.29) is 25.0 Å². The lowest BCUT2D eigenvalue weighted by Crippen LogP contribution is -2.50. The second-order valence-electron chi connectivity index (χ2n) is 7.08. The summed E-state index contributed by atoms with van der Waals surface area (Å²) in [5, 5.41) is 3.84. The van der Waals surface area contributed by atoms with E-state index in [9.17, 15) is 9.59 Å². The number of ether oxygens (including phenoxy) is 1. The summed E-state index contributed by atoms with van der Waals surface area (Å²) in [5.74, 6) is 0.130. The van der Waals surface area contributed by atoms with Crippen LogP contribution < -0.4 is 10.1 Å². The van der Waals surface area contributed by atoms with Crippen molar-refractivity contribution in [3.05, 3.63) is 63.6 Å². The summed E-state index contributed by atoms with van der Waals surface area (Å²) in [6.07, 6.45) is 1.28. The van der Waals surface area contributed by atoms with Crippen LogP contribution in [0.5, 0.6) is 5.75 Å². The molecule has 0 aliphatic rings. The highest BCUT2D eigenvalue weighted by Gasteiger charge is 2.29. The summed E-state index contributed by atoms with van der Waals surface area (Å²) in [6.45, 7) is 6.37. The van der Waals surface area contributed by atoms with E-state index in [1.54, 1.807) is 24.3 Å². The molecule has 0 aliphatic heterocycles. The first kappa shape index (κ1) is 24.0. The first-order chi connectivity index (χ1) is 14.3. The zero-order chi connectivity index (χ0) is 22.1. The number of carbonyl (C=O) groups is 2. The van der Waals surface area contributed by atoms with E-state index in [4.69, 9.17) is 27.9 Å². The number of halogens is 2. The molecular formula is C23H28Cl2N2O3. The summed E-state index contributed by atoms with van der Waals surface area (Å²) >= 11 is 12.3. The van der Waals surface area contributed by atoms with Crippen LogP contribution in [0.15, 0.2) is 42.5 Å². The molecule has 0 unspecified atom stereocenters. The maximum absolute atomic E-state index is 13.1. The zero-order valence-corrected chi connectivity index (χ0v) is 19.1. The number of hydrogen-bond acceptors (Lipinski definition) is 3. The normalized spacial score (nSPS) is 11.6. The van der Waals surface area contributed by atoms with Gasteiger partial charge < -0.3 is 15.0 Å². The number of amides is 2. The van der Waals surface area contributed by atoms with Crippen molar-refractivity contribution < 1.29 is 14.3 Å². The molecule has 0 saturated carbocycles. The van der Waals surface area contributed by atoms with Crippen molar-refractivity contribution in [2.24, 2.45) is 0 Å². The van der Waals surface area contributed by atoms with E-state index >= 15 is 0 Å². The highest BCUT2D eigenvalue weighted by molar-refractivity contribution is 6.35. The molecule has 0 spiro atoms. The van der Waals surface area contributed by atoms with Crippen molar-refractivity contribution >= 4 is 35.0 Å². The molecule has 5 nitrogen and oxygen atoms in total. The predicted molar refractivity (Wildman–Crippen MR) is 121 cm³/mol. The van der Waals surface area contributed by atoms with Crippen molar-refractivity contribution in [1.82, 2.24) is 10.2 Å². The third-order valence-corrected chi connectivity index (χ3v) is 5.23. The Morgan fingerprint density at radius 2 is 1.90 bits per heavy atom. The highest BCUT2D eigenvalue weighted by atomic mass is 35.5. The second kappa shape index (κ2) is 11.8. The minimum absolute atomic E-state index is 0.174. The van der Waals surface area contributed by atoms with Gasteiger partial charge in [-0.2, -0.15) is 0 Å². The Morgan fingerprint density at radius 1 is 1.13 bits per heavy atom. The molecule has 0 heterocycles. The number of benzene rings is 2. The first-order valence-corrected chi connectivity index (χ1v) is 10.8. The smallest absolute Gasteiger partial charge is 0.261 e. The van der Waals surface area contributed by atoms with Crippen molar-refractivity contribution in [2.45, 2.75) is 46.2 Å². The van der Waals surface area contributed by atoms with Gasteiger partial charge in [0.1, 0.15) is 11.8 Å². The first-order valence-electron chi connectivity index (χ1n) is 10.1. The Hall–Kier alpha value is -2.24. The van der Waals surface area contributed by atoms with Gasteiger partial charge in [-0.25, -0.2) is 0 Å². The molecule has 2 rings (SSSR count). The average molecular weight is 451 g/mol. The number of nitrogens with one attached hydrogen (secondary N) is 1. The molecule has 0 aliphatic carbocycles. The van der Waals surface area contributed by atoms with Crippen LogP contribution in [0.1, 0.15) is 37.8 Å². The van der Waals surface area contributed by atoms with Crippen molar-refractivity contribution in [2.75, 3.05) is 13.2 Å². The number of nitrogens with zero attached hydrogens (tertiary/aromatic N) is 1. The zero-order valence-electron chi connectivity index (χ0n) is 17.6. The minimum atomic E-state index is -0.628. The molecule has 2 aromatic rings. The van der Waals surface area contributed by atoms with Crippen molar-refractivity contribution in [3.8, 4) is 5.75 Å². The van der Waals surface area contributed by atoms with E-state index < -0.39 is 6.04 Å². The van der Waals surface area contributed by atoms with Crippen molar-refractivity contribution in [1.29, 1.82) is 0 Å². The summed E-state index contributed by atoms with van der Waals surface area (Å²) in [6, 6.07) is 12.0. The van der Waals surface area contributed by atoms with Crippen LogP contribution in [0, 0.1) is 6.92 Å². The Morgan fingerprint density at radius 3 is 2.53 bits per heavy atom. The Balaban J connectivity index is 2.23. The topological polar surface area (TPSA) is 58.6 Å². The van der Waals surface area contributed by atoms with Gasteiger partial charge in [0.2, 0.25) is 5.91 Å². The lowest BCUT2D eigenvalue weighted by molar-refractivity contribution is -0.143. The fourth-order valence-corrected chi connectivity index (χ4v) is 3.52. The lowest BCUT2D eigenvalue weighted by atomic mass is 10.1. The van der Waals surface area contributed by atoms with Gasteiger partial charge in [0, 0.05) is 23.1 Å². The standard InChI is InChI=1S/C23H28Cl2N2O3/c1-4-11-26-23(29)21(5-2)27(14-17-9-10-18(24)13-20(17)25)22(28)15-30-19-8-6-7-16(3)12-19/h6-10,12-13,21H,4-5,11,14-15H2,1-3H3,(H,26,29)/t21-/m0/s1. The number of hydrogen-bond donors (Lipinski definition) is 1. The van der Waals surface area contributed by atoms with Crippen LogP contribution in [0.2, 0.25) is 10.0 Å². The lowest BCUT2D eigenvalue weighted by Gasteiger charge is -2.31. The third kappa shape index (κ3) is 6.92. The van der Waals surface area contributed by atoms with E-state index in [2.05, 4.69) is 5.32 Å². The van der Waals surface area contributed by atoms with Gasteiger partial charge >= 0.3 is 0 Å². The Bertz CT molecular complexity index is 873. The summed E-state index contributed by atoms with van der Waals surface area (Å²) < 4.78 is 5.70. The molecule has 2 amide bonds. The summed E-state index contributed by atoms with van der Waals surface area (Å²) in [4.78, 5) is 27.4. The van der Waals surface area contributed by atoms with Gasteiger partial charge in [0.25, 0.3) is 5.91 Å². The Kier molecular flexibility index (Phi) is 9.47. The van der Waals surface area contributed by atoms with Crippen LogP contribution >= 0.6 is 23.2 Å². The number of carbonyl (C=O) groups excluding carboxylic acids is 2. The van der Waals surface area contributed by atoms with Gasteiger partial charge in [-0.05, 0) is 55.2 Å². The van der Waals surface area contributed by atoms with Crippen LogP contribution in [-0.2, 0) is 16.1 Å². The third-order valence-electron chi connectivity index (χ3n) is 4.64. The second-order valence-corrected chi connectivity index (χ2v) is 7.92. The molecule has 2 aromatic carbocycles. The molecule has 1 atom stereocenters. The fraction of sp³-hybridized carbons (Fsp3) is 0.391. The van der Waals surface area contributed by atoms with Gasteiger partial charge in [-0.3, -0.25) is 9.59 Å². The monoisotopic (exact) mass is 450 g/mol. The van der Waals surface area contributed by atoms with E-state index in [1.807, 2.05) is 39.0 Å². The molecule has 0 saturated heterocycles. The molecule has 162 valence electrons. The number of aryl methyl sites for hydroxylation is 1. The van der Waals surface area contributed by atoms with E-state index in [1.165, 1.54) is 4.90 Å². The maximum atomic E-state index is 13.1. The quantitative estimate of drug-likeness (QED) is 0.552. The molecule has 0 fully saturated rings. The van der Waals surface area contributed by atoms with E-state index in [0.717, 1.165) is 12.0 Å². The molecule has 30 heavy (non-hydrogen) atoms. The number of rotatable bonds is 10. The molecule has 7 heteroatoms. The predicted octanol–water partition coefficient (Wildman–Crippen LogP) is 5.01. The summed E-state index contributed by atoms with van der Waals surface area (Å²) in [5.41, 5.74) is 1.75. The largest absolute Gasteiger partial charge is 0.484 e.